The van der Waals surface area contributed by atoms with E-state index in [0.29, 0.717) is 11.7 Å². The summed E-state index contributed by atoms with van der Waals surface area (Å²) in [6, 6.07) is 6.62. The minimum Gasteiger partial charge on any atom is -0.369 e. The molecule has 1 heterocycles. The van der Waals surface area contributed by atoms with Crippen molar-refractivity contribution in [2.75, 3.05) is 11.9 Å². The van der Waals surface area contributed by atoms with Crippen LogP contribution in [0.2, 0.25) is 5.15 Å². The van der Waals surface area contributed by atoms with Crippen LogP contribution in [0.3, 0.4) is 0 Å². The van der Waals surface area contributed by atoms with Crippen molar-refractivity contribution in [3.05, 3.63) is 52.2 Å². The van der Waals surface area contributed by atoms with Crippen molar-refractivity contribution in [1.29, 1.82) is 0 Å². The summed E-state index contributed by atoms with van der Waals surface area (Å²) in [6.45, 7) is 4.64. The highest BCUT2D eigenvalue weighted by molar-refractivity contribution is 6.30. The summed E-state index contributed by atoms with van der Waals surface area (Å²) in [5, 5.41) is 3.75. The van der Waals surface area contributed by atoms with Crippen LogP contribution in [0.5, 0.6) is 0 Å². The Kier molecular flexibility index (Phi) is 5.51. The third kappa shape index (κ3) is 4.39. The molecule has 0 aliphatic heterocycles. The lowest BCUT2D eigenvalue weighted by Crippen LogP contribution is -2.10. The number of aromatic nitrogens is 2. The highest BCUT2D eigenvalue weighted by Crippen LogP contribution is 2.20. The Labute approximate surface area is 129 Å². The molecule has 5 heteroatoms. The van der Waals surface area contributed by atoms with Crippen molar-refractivity contribution in [1.82, 2.24) is 9.97 Å². The molecule has 2 aromatic rings. The zero-order chi connectivity index (χ0) is 15.2. The molecular weight excluding hydrogens is 289 g/mol. The van der Waals surface area contributed by atoms with Gasteiger partial charge in [0.2, 0.25) is 0 Å². The molecule has 1 aromatic heterocycles. The van der Waals surface area contributed by atoms with E-state index in [1.54, 1.807) is 12.1 Å². The van der Waals surface area contributed by atoms with Crippen molar-refractivity contribution < 1.29 is 4.39 Å². The maximum Gasteiger partial charge on any atom is 0.137 e. The molecule has 112 valence electrons. The Balaban J connectivity index is 2.02. The lowest BCUT2D eigenvalue weighted by atomic mass is 10.1. The second-order valence-corrected chi connectivity index (χ2v) is 5.32. The van der Waals surface area contributed by atoms with Crippen LogP contribution in [0.1, 0.15) is 30.3 Å². The largest absolute Gasteiger partial charge is 0.369 e. The van der Waals surface area contributed by atoms with Crippen LogP contribution in [-0.4, -0.2) is 16.5 Å². The van der Waals surface area contributed by atoms with Gasteiger partial charge in [0.25, 0.3) is 0 Å². The molecule has 3 nitrogen and oxygen atoms in total. The van der Waals surface area contributed by atoms with Crippen LogP contribution in [-0.2, 0) is 12.8 Å². The van der Waals surface area contributed by atoms with Gasteiger partial charge in [-0.1, -0.05) is 30.7 Å². The van der Waals surface area contributed by atoms with Gasteiger partial charge in [-0.25, -0.2) is 14.4 Å². The summed E-state index contributed by atoms with van der Waals surface area (Å²) in [5.41, 5.74) is 1.80. The molecule has 0 unspecified atom stereocenters. The van der Waals surface area contributed by atoms with E-state index >= 15 is 0 Å². The average Bonchev–Trinajstić information content (AvgIpc) is 2.44. The molecule has 0 fully saturated rings. The first-order valence-corrected chi connectivity index (χ1v) is 7.49. The van der Waals surface area contributed by atoms with Crippen molar-refractivity contribution in [3.63, 3.8) is 0 Å². The number of aryl methyl sites for hydroxylation is 1. The lowest BCUT2D eigenvalue weighted by Gasteiger charge is -2.11. The standard InChI is InChI=1S/C16H19ClFN3/c1-3-5-14-20-15(17)11(2)16(21-14)19-9-8-12-6-4-7-13(18)10-12/h4,6-7,10H,3,5,8-9H2,1-2H3,(H,19,20,21). The maximum absolute atomic E-state index is 13.1. The molecule has 21 heavy (non-hydrogen) atoms. The molecular formula is C16H19ClFN3. The van der Waals surface area contributed by atoms with E-state index in [2.05, 4.69) is 22.2 Å². The Morgan fingerprint density at radius 3 is 2.76 bits per heavy atom. The molecule has 0 saturated heterocycles. The van der Waals surface area contributed by atoms with E-state index in [-0.39, 0.29) is 5.82 Å². The number of hydrogen-bond acceptors (Lipinski definition) is 3. The fraction of sp³-hybridized carbons (Fsp3) is 0.375. The summed E-state index contributed by atoms with van der Waals surface area (Å²) in [5.74, 6) is 1.30. The Hall–Kier alpha value is -1.68. The molecule has 0 radical (unpaired) electrons. The van der Waals surface area contributed by atoms with E-state index < -0.39 is 0 Å². The quantitative estimate of drug-likeness (QED) is 0.813. The number of nitrogens with zero attached hydrogens (tertiary/aromatic N) is 2. The topological polar surface area (TPSA) is 37.8 Å². The minimum absolute atomic E-state index is 0.209. The first-order valence-electron chi connectivity index (χ1n) is 7.11. The zero-order valence-electron chi connectivity index (χ0n) is 12.3. The number of rotatable bonds is 6. The molecule has 0 aliphatic carbocycles. The van der Waals surface area contributed by atoms with Gasteiger partial charge in [0.05, 0.1) is 0 Å². The first kappa shape index (κ1) is 15.7. The van der Waals surface area contributed by atoms with E-state index in [4.69, 9.17) is 11.6 Å². The predicted molar refractivity (Wildman–Crippen MR) is 84.4 cm³/mol. The van der Waals surface area contributed by atoms with Gasteiger partial charge in [-0.3, -0.25) is 0 Å². The van der Waals surface area contributed by atoms with Gasteiger partial charge in [-0.15, -0.1) is 0 Å². The van der Waals surface area contributed by atoms with Crippen LogP contribution >= 0.6 is 11.6 Å². The molecule has 0 atom stereocenters. The molecule has 0 bridgehead atoms. The van der Waals surface area contributed by atoms with E-state index in [0.717, 1.165) is 42.0 Å². The van der Waals surface area contributed by atoms with E-state index in [1.807, 2.05) is 13.0 Å². The molecule has 1 aromatic carbocycles. The summed E-state index contributed by atoms with van der Waals surface area (Å²) >= 11 is 6.13. The van der Waals surface area contributed by atoms with Gasteiger partial charge in [0.1, 0.15) is 22.6 Å². The second kappa shape index (κ2) is 7.36. The third-order valence-corrected chi connectivity index (χ3v) is 3.57. The second-order valence-electron chi connectivity index (χ2n) is 4.96. The molecule has 0 aliphatic rings. The van der Waals surface area contributed by atoms with Gasteiger partial charge in [0, 0.05) is 18.5 Å². The van der Waals surface area contributed by atoms with Crippen LogP contribution in [0.4, 0.5) is 10.2 Å². The molecule has 0 amide bonds. The lowest BCUT2D eigenvalue weighted by molar-refractivity contribution is 0.625. The minimum atomic E-state index is -0.209. The van der Waals surface area contributed by atoms with Gasteiger partial charge < -0.3 is 5.32 Å². The monoisotopic (exact) mass is 307 g/mol. The van der Waals surface area contributed by atoms with Gasteiger partial charge in [-0.2, -0.15) is 0 Å². The summed E-state index contributed by atoms with van der Waals surface area (Å²) in [6.07, 6.45) is 2.50. The van der Waals surface area contributed by atoms with Crippen molar-refractivity contribution in [2.24, 2.45) is 0 Å². The highest BCUT2D eigenvalue weighted by Gasteiger charge is 2.08. The number of nitrogens with one attached hydrogen (secondary N) is 1. The van der Waals surface area contributed by atoms with Gasteiger partial charge >= 0.3 is 0 Å². The van der Waals surface area contributed by atoms with Gasteiger partial charge in [-0.05, 0) is 37.5 Å². The Morgan fingerprint density at radius 2 is 2.05 bits per heavy atom. The van der Waals surface area contributed by atoms with Crippen LogP contribution in [0, 0.1) is 12.7 Å². The van der Waals surface area contributed by atoms with Crippen molar-refractivity contribution in [3.8, 4) is 0 Å². The summed E-state index contributed by atoms with van der Waals surface area (Å²) in [4.78, 5) is 8.76. The number of benzene rings is 1. The van der Waals surface area contributed by atoms with Crippen LogP contribution in [0.25, 0.3) is 0 Å². The average molecular weight is 308 g/mol. The highest BCUT2D eigenvalue weighted by atomic mass is 35.5. The fourth-order valence-corrected chi connectivity index (χ4v) is 2.25. The van der Waals surface area contributed by atoms with Crippen molar-refractivity contribution in [2.45, 2.75) is 33.1 Å². The third-order valence-electron chi connectivity index (χ3n) is 3.20. The normalized spacial score (nSPS) is 10.7. The molecule has 0 spiro atoms. The van der Waals surface area contributed by atoms with E-state index in [9.17, 15) is 4.39 Å². The van der Waals surface area contributed by atoms with Crippen LogP contribution < -0.4 is 5.32 Å². The predicted octanol–water partition coefficient (Wildman–Crippen LogP) is 4.18. The summed E-state index contributed by atoms with van der Waals surface area (Å²) < 4.78 is 13.1. The van der Waals surface area contributed by atoms with Crippen LogP contribution in [0.15, 0.2) is 24.3 Å². The summed E-state index contributed by atoms with van der Waals surface area (Å²) in [7, 11) is 0. The van der Waals surface area contributed by atoms with Gasteiger partial charge in [0.15, 0.2) is 0 Å². The molecule has 1 N–H and O–H groups in total. The maximum atomic E-state index is 13.1. The Bertz CT molecular complexity index is 616. The number of halogens is 2. The SMILES string of the molecule is CCCc1nc(Cl)c(C)c(NCCc2cccc(F)c2)n1. The first-order chi connectivity index (χ1) is 10.1. The zero-order valence-corrected chi connectivity index (χ0v) is 13.0. The van der Waals surface area contributed by atoms with Crippen molar-refractivity contribution >= 4 is 17.4 Å². The molecule has 0 saturated carbocycles. The smallest absolute Gasteiger partial charge is 0.137 e. The fourth-order valence-electron chi connectivity index (χ4n) is 2.06. The van der Waals surface area contributed by atoms with E-state index in [1.165, 1.54) is 6.07 Å². The number of anilines is 1. The Morgan fingerprint density at radius 1 is 1.24 bits per heavy atom. The number of hydrogen-bond donors (Lipinski definition) is 1. The molecule has 2 rings (SSSR count).